The summed E-state index contributed by atoms with van der Waals surface area (Å²) in [4.78, 5) is 15.6. The number of hydrogen-bond acceptors (Lipinski definition) is 3. The van der Waals surface area contributed by atoms with Crippen LogP contribution in [0.4, 0.5) is 0 Å². The zero-order chi connectivity index (χ0) is 8.39. The van der Waals surface area contributed by atoms with Crippen LogP contribution >= 0.6 is 11.3 Å². The summed E-state index contributed by atoms with van der Waals surface area (Å²) in [6, 6.07) is 0. The number of carbonyl (C=O) groups excluding carboxylic acids is 1. The van der Waals surface area contributed by atoms with E-state index in [1.807, 2.05) is 11.5 Å². The molecule has 0 saturated heterocycles. The minimum Gasteiger partial charge on any atom is -0.287 e. The number of carbonyl (C=O) groups is 1. The molecular formula is C9H9NOS. The smallest absolute Gasteiger partial charge is 0.207 e. The summed E-state index contributed by atoms with van der Waals surface area (Å²) in [5.41, 5.74) is 3.25. The van der Waals surface area contributed by atoms with Gasteiger partial charge in [0.15, 0.2) is 0 Å². The standard InChI is InChI=1S/C9H9NOS/c11-9(7-3-1-2-4-7)8-5-12-6-10-8/h3,5-6H,1-2,4H2. The Labute approximate surface area is 74.9 Å². The summed E-state index contributed by atoms with van der Waals surface area (Å²) in [5.74, 6) is 0.119. The lowest BCUT2D eigenvalue weighted by Crippen LogP contribution is -2.01. The predicted molar refractivity (Wildman–Crippen MR) is 48.4 cm³/mol. The summed E-state index contributed by atoms with van der Waals surface area (Å²) >= 11 is 1.47. The summed E-state index contributed by atoms with van der Waals surface area (Å²) in [7, 11) is 0. The molecule has 0 atom stereocenters. The molecule has 0 spiro atoms. The molecule has 0 amide bonds. The Balaban J connectivity index is 2.20. The van der Waals surface area contributed by atoms with Gasteiger partial charge in [-0.15, -0.1) is 11.3 Å². The highest BCUT2D eigenvalue weighted by molar-refractivity contribution is 7.07. The highest BCUT2D eigenvalue weighted by Crippen LogP contribution is 2.21. The molecule has 12 heavy (non-hydrogen) atoms. The third kappa shape index (κ3) is 1.32. The lowest BCUT2D eigenvalue weighted by molar-refractivity contribution is 0.102. The topological polar surface area (TPSA) is 30.0 Å². The van der Waals surface area contributed by atoms with Crippen molar-refractivity contribution in [3.05, 3.63) is 28.2 Å². The van der Waals surface area contributed by atoms with E-state index in [4.69, 9.17) is 0 Å². The lowest BCUT2D eigenvalue weighted by Gasteiger charge is -1.95. The third-order valence-corrected chi connectivity index (χ3v) is 2.58. The second kappa shape index (κ2) is 3.19. The van der Waals surface area contributed by atoms with Crippen molar-refractivity contribution in [1.82, 2.24) is 4.98 Å². The lowest BCUT2D eigenvalue weighted by atomic mass is 10.1. The summed E-state index contributed by atoms with van der Waals surface area (Å²) in [5, 5.41) is 1.81. The van der Waals surface area contributed by atoms with E-state index in [1.165, 1.54) is 11.3 Å². The van der Waals surface area contributed by atoms with Crippen LogP contribution in [-0.4, -0.2) is 10.8 Å². The van der Waals surface area contributed by atoms with Crippen molar-refractivity contribution in [2.45, 2.75) is 19.3 Å². The fourth-order valence-electron chi connectivity index (χ4n) is 1.37. The van der Waals surface area contributed by atoms with Crippen LogP contribution in [0.1, 0.15) is 29.8 Å². The van der Waals surface area contributed by atoms with Gasteiger partial charge in [0.2, 0.25) is 5.78 Å². The molecule has 0 radical (unpaired) electrons. The molecule has 0 saturated carbocycles. The summed E-state index contributed by atoms with van der Waals surface area (Å²) in [6.07, 6.45) is 5.12. The Hall–Kier alpha value is -0.960. The number of Topliss-reactive ketones (excluding diaryl/α,β-unsaturated/α-hetero) is 1. The molecule has 1 heterocycles. The van der Waals surface area contributed by atoms with Crippen LogP contribution in [0.5, 0.6) is 0 Å². The summed E-state index contributed by atoms with van der Waals surface area (Å²) < 4.78 is 0. The van der Waals surface area contributed by atoms with Crippen LogP contribution in [0.2, 0.25) is 0 Å². The Kier molecular flexibility index (Phi) is 2.04. The van der Waals surface area contributed by atoms with Crippen molar-refractivity contribution < 1.29 is 4.79 Å². The molecule has 0 fully saturated rings. The van der Waals surface area contributed by atoms with E-state index in [0.29, 0.717) is 5.69 Å². The van der Waals surface area contributed by atoms with Crippen molar-refractivity contribution in [2.75, 3.05) is 0 Å². The van der Waals surface area contributed by atoms with Crippen LogP contribution < -0.4 is 0 Å². The van der Waals surface area contributed by atoms with E-state index in [0.717, 1.165) is 24.8 Å². The second-order valence-corrected chi connectivity index (χ2v) is 3.54. The maximum Gasteiger partial charge on any atom is 0.207 e. The van der Waals surface area contributed by atoms with Crippen molar-refractivity contribution in [3.63, 3.8) is 0 Å². The Morgan fingerprint density at radius 3 is 3.08 bits per heavy atom. The monoisotopic (exact) mass is 179 g/mol. The Morgan fingerprint density at radius 1 is 1.58 bits per heavy atom. The first-order chi connectivity index (χ1) is 5.88. The van der Waals surface area contributed by atoms with Crippen LogP contribution in [0.3, 0.4) is 0 Å². The number of rotatable bonds is 2. The van der Waals surface area contributed by atoms with Crippen molar-refractivity contribution in [3.8, 4) is 0 Å². The molecule has 0 N–H and O–H groups in total. The molecule has 2 rings (SSSR count). The van der Waals surface area contributed by atoms with Crippen molar-refractivity contribution >= 4 is 17.1 Å². The van der Waals surface area contributed by atoms with Gasteiger partial charge < -0.3 is 0 Å². The van der Waals surface area contributed by atoms with Gasteiger partial charge in [-0.2, -0.15) is 0 Å². The zero-order valence-electron chi connectivity index (χ0n) is 6.62. The van der Waals surface area contributed by atoms with Gasteiger partial charge >= 0.3 is 0 Å². The molecule has 0 aromatic carbocycles. The number of ketones is 1. The molecular weight excluding hydrogens is 170 g/mol. The quantitative estimate of drug-likeness (QED) is 0.653. The van der Waals surface area contributed by atoms with Gasteiger partial charge in [-0.25, -0.2) is 4.98 Å². The van der Waals surface area contributed by atoms with Crippen molar-refractivity contribution in [2.24, 2.45) is 0 Å². The highest BCUT2D eigenvalue weighted by atomic mass is 32.1. The van der Waals surface area contributed by atoms with Crippen LogP contribution in [-0.2, 0) is 0 Å². The molecule has 1 aliphatic carbocycles. The summed E-state index contributed by atoms with van der Waals surface area (Å²) in [6.45, 7) is 0. The Morgan fingerprint density at radius 2 is 2.50 bits per heavy atom. The molecule has 0 bridgehead atoms. The van der Waals surface area contributed by atoms with Gasteiger partial charge in [-0.3, -0.25) is 4.79 Å². The molecule has 0 aliphatic heterocycles. The van der Waals surface area contributed by atoms with E-state index >= 15 is 0 Å². The third-order valence-electron chi connectivity index (χ3n) is 2.00. The van der Waals surface area contributed by atoms with Gasteiger partial charge in [0.25, 0.3) is 0 Å². The first kappa shape index (κ1) is 7.68. The molecule has 0 unspecified atom stereocenters. The maximum atomic E-state index is 11.6. The van der Waals surface area contributed by atoms with Gasteiger partial charge in [-0.1, -0.05) is 6.08 Å². The number of thiazole rings is 1. The van der Waals surface area contributed by atoms with E-state index in [9.17, 15) is 4.79 Å². The van der Waals surface area contributed by atoms with Gasteiger partial charge in [0, 0.05) is 5.38 Å². The Bertz CT molecular complexity index is 313. The zero-order valence-corrected chi connectivity index (χ0v) is 7.43. The van der Waals surface area contributed by atoms with Gasteiger partial charge in [-0.05, 0) is 24.8 Å². The normalized spacial score (nSPS) is 16.2. The molecule has 3 heteroatoms. The van der Waals surface area contributed by atoms with E-state index in [1.54, 1.807) is 5.51 Å². The van der Waals surface area contributed by atoms with E-state index in [2.05, 4.69) is 4.98 Å². The highest BCUT2D eigenvalue weighted by Gasteiger charge is 2.16. The minimum absolute atomic E-state index is 0.119. The van der Waals surface area contributed by atoms with Crippen LogP contribution in [0.25, 0.3) is 0 Å². The first-order valence-electron chi connectivity index (χ1n) is 4.00. The number of aromatic nitrogens is 1. The van der Waals surface area contributed by atoms with E-state index in [-0.39, 0.29) is 5.78 Å². The number of nitrogens with zero attached hydrogens (tertiary/aromatic N) is 1. The average molecular weight is 179 g/mol. The van der Waals surface area contributed by atoms with Crippen LogP contribution in [0.15, 0.2) is 22.5 Å². The van der Waals surface area contributed by atoms with Crippen molar-refractivity contribution in [1.29, 1.82) is 0 Å². The molecule has 1 aromatic heterocycles. The first-order valence-corrected chi connectivity index (χ1v) is 4.94. The van der Waals surface area contributed by atoms with Gasteiger partial charge in [0.05, 0.1) is 5.51 Å². The molecule has 1 aromatic rings. The SMILES string of the molecule is O=C(C1=CCCC1)c1cscn1. The fourth-order valence-corrected chi connectivity index (χ4v) is 1.90. The van der Waals surface area contributed by atoms with Gasteiger partial charge in [0.1, 0.15) is 5.69 Å². The predicted octanol–water partition coefficient (Wildman–Crippen LogP) is 2.44. The second-order valence-electron chi connectivity index (χ2n) is 2.82. The molecule has 62 valence electrons. The minimum atomic E-state index is 0.119. The number of hydrogen-bond donors (Lipinski definition) is 0. The largest absolute Gasteiger partial charge is 0.287 e. The molecule has 2 nitrogen and oxygen atoms in total. The molecule has 1 aliphatic rings. The maximum absolute atomic E-state index is 11.6. The van der Waals surface area contributed by atoms with Crippen LogP contribution in [0, 0.1) is 0 Å². The average Bonchev–Trinajstić information content (AvgIpc) is 2.77. The number of allylic oxidation sites excluding steroid dienone is 2. The fraction of sp³-hybridized carbons (Fsp3) is 0.333. The van der Waals surface area contributed by atoms with E-state index < -0.39 is 0 Å².